The lowest BCUT2D eigenvalue weighted by Gasteiger charge is -2.29. The summed E-state index contributed by atoms with van der Waals surface area (Å²) < 4.78 is 30.8. The number of para-hydroxylation sites is 1. The number of fused-ring (bicyclic) bond motifs is 2. The van der Waals surface area contributed by atoms with Crippen LogP contribution < -0.4 is 10.1 Å². The van der Waals surface area contributed by atoms with Crippen LogP contribution in [0.3, 0.4) is 0 Å². The topological polar surface area (TPSA) is 55.4 Å². The lowest BCUT2D eigenvalue weighted by atomic mass is 10.1. The van der Waals surface area contributed by atoms with E-state index in [1.165, 1.54) is 7.11 Å². The molecule has 2 atom stereocenters. The molecule has 0 aromatic heterocycles. The molecule has 2 aliphatic rings. The van der Waals surface area contributed by atoms with Crippen LogP contribution in [0.2, 0.25) is 0 Å². The highest BCUT2D eigenvalue weighted by Crippen LogP contribution is 2.35. The van der Waals surface area contributed by atoms with E-state index in [9.17, 15) is 8.42 Å². The fourth-order valence-corrected chi connectivity index (χ4v) is 5.32. The molecule has 1 N–H and O–H groups in total. The Morgan fingerprint density at radius 3 is 2.42 bits per heavy atom. The van der Waals surface area contributed by atoms with Crippen LogP contribution in [0.25, 0.3) is 0 Å². The maximum Gasteiger partial charge on any atom is 0.185 e. The minimum Gasteiger partial charge on any atom is -0.495 e. The van der Waals surface area contributed by atoms with Crippen molar-refractivity contribution in [1.29, 1.82) is 0 Å². The van der Waals surface area contributed by atoms with Crippen molar-refractivity contribution in [3.8, 4) is 5.75 Å². The van der Waals surface area contributed by atoms with E-state index < -0.39 is 9.84 Å². The highest BCUT2D eigenvalue weighted by atomic mass is 32.2. The lowest BCUT2D eigenvalue weighted by Crippen LogP contribution is -2.43. The normalized spacial score (nSPS) is 30.3. The zero-order valence-corrected chi connectivity index (χ0v) is 11.8. The molecule has 2 saturated heterocycles. The smallest absolute Gasteiger partial charge is 0.185 e. The molecule has 1 aromatic rings. The van der Waals surface area contributed by atoms with Crippen LogP contribution in [0.1, 0.15) is 25.7 Å². The third-order valence-electron chi connectivity index (χ3n) is 4.24. The maximum atomic E-state index is 12.8. The molecule has 2 unspecified atom stereocenters. The second kappa shape index (κ2) is 4.80. The van der Waals surface area contributed by atoms with Crippen molar-refractivity contribution < 1.29 is 13.2 Å². The Balaban J connectivity index is 1.94. The highest BCUT2D eigenvalue weighted by molar-refractivity contribution is 7.92. The molecule has 2 aliphatic heterocycles. The number of rotatable bonds is 3. The van der Waals surface area contributed by atoms with E-state index in [0.717, 1.165) is 25.7 Å². The number of sulfone groups is 1. The number of ether oxygens (including phenoxy) is 1. The van der Waals surface area contributed by atoms with Crippen molar-refractivity contribution in [3.05, 3.63) is 24.3 Å². The Hall–Kier alpha value is -1.07. The Morgan fingerprint density at radius 1 is 1.16 bits per heavy atom. The van der Waals surface area contributed by atoms with Gasteiger partial charge in [0.15, 0.2) is 9.84 Å². The predicted molar refractivity (Wildman–Crippen MR) is 73.1 cm³/mol. The third kappa shape index (κ3) is 2.25. The fraction of sp³-hybridized carbons (Fsp3) is 0.571. The Labute approximate surface area is 114 Å². The second-order valence-electron chi connectivity index (χ2n) is 5.43. The Kier molecular flexibility index (Phi) is 3.27. The summed E-state index contributed by atoms with van der Waals surface area (Å²) in [6.45, 7) is 0. The van der Waals surface area contributed by atoms with Crippen LogP contribution in [0, 0.1) is 0 Å². The summed E-state index contributed by atoms with van der Waals surface area (Å²) in [6, 6.07) is 7.65. The van der Waals surface area contributed by atoms with Gasteiger partial charge in [-0.2, -0.15) is 0 Å². The minimum absolute atomic E-state index is 0.275. The van der Waals surface area contributed by atoms with Gasteiger partial charge in [-0.15, -0.1) is 0 Å². The molecule has 0 saturated carbocycles. The van der Waals surface area contributed by atoms with Crippen LogP contribution in [-0.4, -0.2) is 32.9 Å². The van der Waals surface area contributed by atoms with Crippen molar-refractivity contribution >= 4 is 9.84 Å². The molecule has 2 heterocycles. The zero-order chi connectivity index (χ0) is 13.5. The van der Waals surface area contributed by atoms with Crippen LogP contribution in [-0.2, 0) is 9.84 Å². The van der Waals surface area contributed by atoms with Gasteiger partial charge in [0.25, 0.3) is 0 Å². The average Bonchev–Trinajstić information content (AvgIpc) is 2.77. The summed E-state index contributed by atoms with van der Waals surface area (Å²) in [7, 11) is -1.78. The highest BCUT2D eigenvalue weighted by Gasteiger charge is 2.40. The van der Waals surface area contributed by atoms with Crippen LogP contribution >= 0.6 is 0 Å². The number of benzene rings is 1. The van der Waals surface area contributed by atoms with Crippen molar-refractivity contribution in [1.82, 2.24) is 5.32 Å². The molecule has 19 heavy (non-hydrogen) atoms. The first-order valence-electron chi connectivity index (χ1n) is 6.74. The Bertz CT molecular complexity index is 558. The Morgan fingerprint density at radius 2 is 1.79 bits per heavy atom. The SMILES string of the molecule is COc1ccccc1S(=O)(=O)C1CC2CCC(C1)N2. The quantitative estimate of drug-likeness (QED) is 0.917. The molecule has 3 rings (SSSR count). The van der Waals surface area contributed by atoms with Gasteiger partial charge < -0.3 is 10.1 Å². The fourth-order valence-electron chi connectivity index (χ4n) is 3.29. The zero-order valence-electron chi connectivity index (χ0n) is 11.0. The number of hydrogen-bond acceptors (Lipinski definition) is 4. The molecular formula is C14H19NO3S. The molecular weight excluding hydrogens is 262 g/mol. The van der Waals surface area contributed by atoms with Gasteiger partial charge in [0.05, 0.1) is 12.4 Å². The number of hydrogen-bond donors (Lipinski definition) is 1. The summed E-state index contributed by atoms with van der Waals surface area (Å²) in [4.78, 5) is 0.337. The van der Waals surface area contributed by atoms with Gasteiger partial charge in [-0.05, 0) is 37.8 Å². The molecule has 104 valence electrons. The molecule has 0 amide bonds. The van der Waals surface area contributed by atoms with Gasteiger partial charge in [-0.3, -0.25) is 0 Å². The molecule has 0 spiro atoms. The van der Waals surface area contributed by atoms with E-state index in [4.69, 9.17) is 4.74 Å². The van der Waals surface area contributed by atoms with Gasteiger partial charge in [-0.25, -0.2) is 8.42 Å². The standard InChI is InChI=1S/C14H19NO3S/c1-18-13-4-2-3-5-14(13)19(16,17)12-8-10-6-7-11(9-12)15-10/h2-5,10-12,15H,6-9H2,1H3. The predicted octanol–water partition coefficient (Wildman–Crippen LogP) is 1.75. The van der Waals surface area contributed by atoms with Gasteiger partial charge in [-0.1, -0.05) is 12.1 Å². The molecule has 5 heteroatoms. The third-order valence-corrected chi connectivity index (χ3v) is 6.46. The minimum atomic E-state index is -3.30. The van der Waals surface area contributed by atoms with E-state index >= 15 is 0 Å². The van der Waals surface area contributed by atoms with E-state index in [-0.39, 0.29) is 5.25 Å². The van der Waals surface area contributed by atoms with E-state index in [2.05, 4.69) is 5.32 Å². The molecule has 1 aromatic carbocycles. The van der Waals surface area contributed by atoms with Crippen LogP contribution in [0.4, 0.5) is 0 Å². The van der Waals surface area contributed by atoms with Gasteiger partial charge in [0.1, 0.15) is 10.6 Å². The summed E-state index contributed by atoms with van der Waals surface area (Å²) in [6.07, 6.45) is 3.64. The largest absolute Gasteiger partial charge is 0.495 e. The summed E-state index contributed by atoms with van der Waals surface area (Å²) >= 11 is 0. The molecule has 4 nitrogen and oxygen atoms in total. The summed E-state index contributed by atoms with van der Waals surface area (Å²) in [5.41, 5.74) is 0. The van der Waals surface area contributed by atoms with Gasteiger partial charge in [0.2, 0.25) is 0 Å². The average molecular weight is 281 g/mol. The number of nitrogens with one attached hydrogen (secondary N) is 1. The summed E-state index contributed by atoms with van der Waals surface area (Å²) in [5.74, 6) is 0.452. The molecule has 2 fully saturated rings. The van der Waals surface area contributed by atoms with Crippen molar-refractivity contribution in [3.63, 3.8) is 0 Å². The summed E-state index contributed by atoms with van der Waals surface area (Å²) in [5, 5.41) is 3.20. The first-order valence-corrected chi connectivity index (χ1v) is 8.29. The van der Waals surface area contributed by atoms with Crippen LogP contribution in [0.15, 0.2) is 29.2 Å². The van der Waals surface area contributed by atoms with Gasteiger partial charge >= 0.3 is 0 Å². The second-order valence-corrected chi connectivity index (χ2v) is 7.62. The van der Waals surface area contributed by atoms with E-state index in [1.54, 1.807) is 24.3 Å². The molecule has 0 radical (unpaired) electrons. The first kappa shape index (κ1) is 12.9. The number of methoxy groups -OCH3 is 1. The van der Waals surface area contributed by atoms with E-state index in [0.29, 0.717) is 22.7 Å². The van der Waals surface area contributed by atoms with Gasteiger partial charge in [0, 0.05) is 12.1 Å². The van der Waals surface area contributed by atoms with Crippen LogP contribution in [0.5, 0.6) is 5.75 Å². The molecule has 2 bridgehead atoms. The maximum absolute atomic E-state index is 12.8. The van der Waals surface area contributed by atoms with Crippen molar-refractivity contribution in [2.75, 3.05) is 7.11 Å². The van der Waals surface area contributed by atoms with Crippen molar-refractivity contribution in [2.45, 2.75) is 47.9 Å². The van der Waals surface area contributed by atoms with Crippen molar-refractivity contribution in [2.24, 2.45) is 0 Å². The van der Waals surface area contributed by atoms with E-state index in [1.807, 2.05) is 0 Å². The monoisotopic (exact) mass is 281 g/mol. The lowest BCUT2D eigenvalue weighted by molar-refractivity contribution is 0.391. The molecule has 0 aliphatic carbocycles. The number of piperidine rings is 1. The first-order chi connectivity index (χ1) is 9.11.